The van der Waals surface area contributed by atoms with Crippen LogP contribution in [0.15, 0.2) is 64.1 Å². The minimum atomic E-state index is -0.867. The average molecular weight is 1090 g/mol. The number of aliphatic hydroxyl groups excluding tert-OH is 1. The molecule has 6 rings (SSSR count). The second kappa shape index (κ2) is 27.6. The van der Waals surface area contributed by atoms with Gasteiger partial charge < -0.3 is 47.6 Å². The van der Waals surface area contributed by atoms with Crippen molar-refractivity contribution in [3.63, 3.8) is 0 Å². The summed E-state index contributed by atoms with van der Waals surface area (Å²) in [6, 6.07) is 11.2. The second-order valence-electron chi connectivity index (χ2n) is 21.5. The monoisotopic (exact) mass is 1090 g/mol. The van der Waals surface area contributed by atoms with E-state index in [1.807, 2.05) is 70.5 Å². The summed E-state index contributed by atoms with van der Waals surface area (Å²) >= 11 is 9.54. The summed E-state index contributed by atoms with van der Waals surface area (Å²) in [7, 11) is 0. The molecule has 5 amide bonds. The van der Waals surface area contributed by atoms with Gasteiger partial charge in [0.25, 0.3) is 0 Å². The van der Waals surface area contributed by atoms with Gasteiger partial charge in [0.2, 0.25) is 29.5 Å². The topological polar surface area (TPSA) is 251 Å². The van der Waals surface area contributed by atoms with Crippen LogP contribution in [0.5, 0.6) is 0 Å². The average Bonchev–Trinajstić information content (AvgIpc) is 3.99. The molecule has 4 unspecified atom stereocenters. The van der Waals surface area contributed by atoms with Crippen LogP contribution in [-0.2, 0) is 24.0 Å². The fourth-order valence-corrected chi connectivity index (χ4v) is 11.2. The van der Waals surface area contributed by atoms with E-state index in [1.54, 1.807) is 29.7 Å². The number of carbonyl (C=O) groups excluding carboxylic acids is 5. The van der Waals surface area contributed by atoms with E-state index < -0.39 is 23.6 Å². The van der Waals surface area contributed by atoms with Gasteiger partial charge in [0.05, 0.1) is 45.1 Å². The Morgan fingerprint density at radius 2 is 1.55 bits per heavy atom. The summed E-state index contributed by atoms with van der Waals surface area (Å²) in [6.45, 7) is 13.7. The van der Waals surface area contributed by atoms with Crippen LogP contribution in [0.3, 0.4) is 0 Å². The summed E-state index contributed by atoms with van der Waals surface area (Å²) < 4.78 is 0. The quantitative estimate of drug-likeness (QED) is 0.0307. The van der Waals surface area contributed by atoms with Gasteiger partial charge in [-0.1, -0.05) is 119 Å². The number of nitrogens with zero attached hydrogens (tertiary/aromatic N) is 5. The minimum Gasteiger partial charge on any atom is -0.391 e. The maximum atomic E-state index is 14.1. The zero-order chi connectivity index (χ0) is 54.3. The number of aromatic nitrogens is 3. The van der Waals surface area contributed by atoms with Gasteiger partial charge in [-0.05, 0) is 75.1 Å². The molecule has 17 nitrogen and oxygen atoms in total. The summed E-state index contributed by atoms with van der Waals surface area (Å²) in [4.78, 5) is 85.1. The molecule has 408 valence electrons. The molecular weight excluding hydrogens is 1010 g/mol. The Labute approximate surface area is 455 Å². The molecule has 0 radical (unpaired) electrons. The first-order valence-electron chi connectivity index (χ1n) is 26.5. The summed E-state index contributed by atoms with van der Waals surface area (Å²) in [6.07, 6.45) is 11.8. The Kier molecular flexibility index (Phi) is 21.7. The van der Waals surface area contributed by atoms with E-state index in [2.05, 4.69) is 48.0 Å². The van der Waals surface area contributed by atoms with Crippen LogP contribution in [0.25, 0.3) is 10.4 Å². The highest BCUT2D eigenvalue weighted by Crippen LogP contribution is 2.39. The van der Waals surface area contributed by atoms with Crippen molar-refractivity contribution >= 4 is 81.6 Å². The van der Waals surface area contributed by atoms with Gasteiger partial charge in [-0.3, -0.25) is 24.0 Å². The molecule has 0 aliphatic carbocycles. The number of thiazole rings is 1. The SMILES string of the molecule is Cc1ncsc1-c1ccc(C(C)NC(=O)C2CC(O)CN2C(=O)C(NC(=O)CCCCCCCCCCCNC(=O)CCC(=O)Nc2cccc(Sc3ncc(N4CCC(C)(N)CC4)nc3N)c2Cl)C(C)(C)C)cc1. The molecule has 20 heteroatoms. The second-order valence-corrected chi connectivity index (χ2v) is 23.8. The highest BCUT2D eigenvalue weighted by atomic mass is 35.5. The number of aliphatic hydroxyl groups is 1. The third-order valence-corrected chi connectivity index (χ3v) is 16.5. The van der Waals surface area contributed by atoms with Gasteiger partial charge in [-0.25, -0.2) is 15.0 Å². The van der Waals surface area contributed by atoms with Crippen molar-refractivity contribution in [2.24, 2.45) is 11.1 Å². The number of unbranched alkanes of at least 4 members (excludes halogenated alkanes) is 8. The Bertz CT molecular complexity index is 2560. The van der Waals surface area contributed by atoms with Crippen LogP contribution < -0.4 is 37.6 Å². The van der Waals surface area contributed by atoms with Crippen LogP contribution in [0, 0.1) is 12.3 Å². The zero-order valence-corrected chi connectivity index (χ0v) is 46.9. The molecular formula is C55H78ClN11O6S2. The third-order valence-electron chi connectivity index (χ3n) is 14.0. The molecule has 0 spiro atoms. The zero-order valence-electron chi connectivity index (χ0n) is 44.5. The number of aryl methyl sites for hydroxylation is 1. The number of amides is 5. The number of β-amino-alcohol motifs (C(OH)–C–C–N with tert-alkyl or cyclic N) is 1. The van der Waals surface area contributed by atoms with Gasteiger partial charge in [-0.15, -0.1) is 11.3 Å². The van der Waals surface area contributed by atoms with Crippen molar-refractivity contribution in [3.05, 3.63) is 70.5 Å². The van der Waals surface area contributed by atoms with Gasteiger partial charge in [0, 0.05) is 62.3 Å². The molecule has 4 aromatic rings. The minimum absolute atomic E-state index is 0.0138. The molecule has 9 N–H and O–H groups in total. The summed E-state index contributed by atoms with van der Waals surface area (Å²) in [5, 5.41) is 23.3. The van der Waals surface area contributed by atoms with Gasteiger partial charge >= 0.3 is 0 Å². The van der Waals surface area contributed by atoms with Crippen molar-refractivity contribution < 1.29 is 29.1 Å². The number of carbonyl (C=O) groups is 5. The van der Waals surface area contributed by atoms with Crippen molar-refractivity contribution in [1.82, 2.24) is 35.8 Å². The first-order chi connectivity index (χ1) is 35.7. The molecule has 2 aromatic heterocycles. The fraction of sp³-hybridized carbons (Fsp3) is 0.564. The number of nitrogens with two attached hydrogens (primary N) is 2. The molecule has 2 aliphatic rings. The first-order valence-corrected chi connectivity index (χ1v) is 28.5. The standard InChI is InChI=1S/C55H78ClN11O6S2/c1-35(37-20-22-38(23-21-37)48-36(2)61-34-74-48)62-51(72)41-31-39(68)33-67(41)53(73)49(54(3,4)5)65-45(70)19-14-12-10-8-7-9-11-13-15-28-59-44(69)24-25-46(71)63-40-17-16-18-42(47(40)56)75-52-50(57)64-43(32-60-52)66-29-26-55(6,58)27-30-66/h16-18,20-23,32,34-35,39,41,49,68H,7-15,19,24-31,33,58H2,1-6H3,(H2,57,64)(H,59,69)(H,62,72)(H,63,71)(H,65,70). The molecule has 2 aliphatic heterocycles. The Morgan fingerprint density at radius 1 is 0.893 bits per heavy atom. The first kappa shape index (κ1) is 58.9. The predicted molar refractivity (Wildman–Crippen MR) is 299 cm³/mol. The van der Waals surface area contributed by atoms with E-state index in [4.69, 9.17) is 23.1 Å². The highest BCUT2D eigenvalue weighted by molar-refractivity contribution is 7.99. The highest BCUT2D eigenvalue weighted by Gasteiger charge is 2.44. The number of hydrogen-bond donors (Lipinski definition) is 7. The van der Waals surface area contributed by atoms with E-state index in [0.717, 1.165) is 99.0 Å². The predicted octanol–water partition coefficient (Wildman–Crippen LogP) is 8.72. The lowest BCUT2D eigenvalue weighted by Crippen LogP contribution is -2.57. The number of rotatable bonds is 25. The maximum absolute atomic E-state index is 14.1. The number of piperidine rings is 1. The Morgan fingerprint density at radius 3 is 2.19 bits per heavy atom. The number of nitrogen functional groups attached to an aromatic ring is 1. The lowest BCUT2D eigenvalue weighted by molar-refractivity contribution is -0.144. The summed E-state index contributed by atoms with van der Waals surface area (Å²) in [5.74, 6) is -0.423. The molecule has 4 heterocycles. The van der Waals surface area contributed by atoms with Gasteiger partial charge in [-0.2, -0.15) is 0 Å². The number of nitrogens with one attached hydrogen (secondary N) is 4. The van der Waals surface area contributed by atoms with Crippen LogP contribution in [-0.4, -0.2) is 104 Å². The van der Waals surface area contributed by atoms with E-state index in [9.17, 15) is 29.1 Å². The number of anilines is 3. The summed E-state index contributed by atoms with van der Waals surface area (Å²) in [5.41, 5.74) is 17.0. The number of benzene rings is 2. The van der Waals surface area contributed by atoms with Crippen molar-refractivity contribution in [2.75, 3.05) is 42.1 Å². The van der Waals surface area contributed by atoms with Crippen LogP contribution >= 0.6 is 34.7 Å². The molecule has 0 saturated carbocycles. The molecule has 2 fully saturated rings. The van der Waals surface area contributed by atoms with E-state index in [1.165, 1.54) is 16.7 Å². The van der Waals surface area contributed by atoms with Crippen LogP contribution in [0.1, 0.15) is 148 Å². The van der Waals surface area contributed by atoms with Gasteiger partial charge in [0.15, 0.2) is 5.82 Å². The number of halogens is 1. The fourth-order valence-electron chi connectivity index (χ4n) is 9.30. The molecule has 4 atom stereocenters. The Hall–Kier alpha value is -5.34. The molecule has 0 bridgehead atoms. The van der Waals surface area contributed by atoms with Crippen molar-refractivity contribution in [2.45, 2.75) is 178 Å². The van der Waals surface area contributed by atoms with Gasteiger partial charge in [0.1, 0.15) is 22.9 Å². The molecule has 2 aromatic carbocycles. The van der Waals surface area contributed by atoms with Crippen LogP contribution in [0.4, 0.5) is 17.3 Å². The van der Waals surface area contributed by atoms with E-state index in [0.29, 0.717) is 45.8 Å². The number of hydrogen-bond acceptors (Lipinski definition) is 14. The number of likely N-dealkylation sites (tertiary alicyclic amines) is 1. The smallest absolute Gasteiger partial charge is 0.246 e. The largest absolute Gasteiger partial charge is 0.391 e. The van der Waals surface area contributed by atoms with Crippen molar-refractivity contribution in [3.8, 4) is 10.4 Å². The van der Waals surface area contributed by atoms with E-state index in [-0.39, 0.29) is 72.7 Å². The Balaban J connectivity index is 0.801. The third kappa shape index (κ3) is 17.6. The molecule has 75 heavy (non-hydrogen) atoms. The lowest BCUT2D eigenvalue weighted by atomic mass is 9.85. The van der Waals surface area contributed by atoms with E-state index >= 15 is 0 Å². The normalized spacial score (nSPS) is 17.3. The van der Waals surface area contributed by atoms with Crippen molar-refractivity contribution in [1.29, 1.82) is 0 Å². The lowest BCUT2D eigenvalue weighted by Gasteiger charge is -2.37. The van der Waals surface area contributed by atoms with Crippen LogP contribution in [0.2, 0.25) is 5.02 Å². The molecule has 2 saturated heterocycles. The maximum Gasteiger partial charge on any atom is 0.246 e.